The summed E-state index contributed by atoms with van der Waals surface area (Å²) in [5, 5.41) is 8.79. The molecule has 0 fully saturated rings. The third-order valence-corrected chi connectivity index (χ3v) is 2.61. The Morgan fingerprint density at radius 3 is 2.12 bits per heavy atom. The van der Waals surface area contributed by atoms with Crippen LogP contribution < -0.4 is 5.73 Å². The molecule has 0 saturated carbocycles. The van der Waals surface area contributed by atoms with Crippen molar-refractivity contribution in [2.45, 2.75) is 33.7 Å². The van der Waals surface area contributed by atoms with Crippen molar-refractivity contribution >= 4 is 11.9 Å². The highest BCUT2D eigenvalue weighted by molar-refractivity contribution is 5.82. The first kappa shape index (κ1) is 14.9. The van der Waals surface area contributed by atoms with Gasteiger partial charge in [-0.05, 0) is 12.8 Å². The molecule has 5 nitrogen and oxygen atoms in total. The van der Waals surface area contributed by atoms with Crippen molar-refractivity contribution in [3.63, 3.8) is 0 Å². The van der Waals surface area contributed by atoms with E-state index in [1.54, 1.807) is 6.92 Å². The fourth-order valence-corrected chi connectivity index (χ4v) is 1.28. The first-order valence-corrected chi connectivity index (χ1v) is 5.58. The van der Waals surface area contributed by atoms with Gasteiger partial charge in [0.15, 0.2) is 0 Å². The lowest BCUT2D eigenvalue weighted by atomic mass is 10.0. The van der Waals surface area contributed by atoms with Crippen LogP contribution in [-0.2, 0) is 9.59 Å². The maximum absolute atomic E-state index is 11.9. The topological polar surface area (TPSA) is 83.6 Å². The second-order valence-corrected chi connectivity index (χ2v) is 4.39. The van der Waals surface area contributed by atoms with E-state index < -0.39 is 17.9 Å². The Morgan fingerprint density at radius 2 is 1.81 bits per heavy atom. The highest BCUT2D eigenvalue weighted by Gasteiger charge is 2.25. The molecule has 0 saturated heterocycles. The van der Waals surface area contributed by atoms with Crippen LogP contribution in [0.5, 0.6) is 0 Å². The molecule has 0 heterocycles. The van der Waals surface area contributed by atoms with Gasteiger partial charge in [0.25, 0.3) is 0 Å². The van der Waals surface area contributed by atoms with Gasteiger partial charge in [-0.1, -0.05) is 20.8 Å². The summed E-state index contributed by atoms with van der Waals surface area (Å²) in [4.78, 5) is 24.1. The first-order valence-electron chi connectivity index (χ1n) is 5.58. The maximum atomic E-state index is 11.9. The lowest BCUT2D eigenvalue weighted by Crippen LogP contribution is -2.48. The van der Waals surface area contributed by atoms with Crippen LogP contribution >= 0.6 is 0 Å². The Labute approximate surface area is 96.6 Å². The summed E-state index contributed by atoms with van der Waals surface area (Å²) in [6.45, 7) is 7.84. The molecule has 0 aliphatic carbocycles. The molecular weight excluding hydrogens is 208 g/mol. The molecule has 0 rings (SSSR count). The highest BCUT2D eigenvalue weighted by Crippen LogP contribution is 2.06. The molecule has 3 N–H and O–H groups in total. The zero-order valence-electron chi connectivity index (χ0n) is 10.4. The van der Waals surface area contributed by atoms with Crippen molar-refractivity contribution in [3.05, 3.63) is 0 Å². The van der Waals surface area contributed by atoms with Crippen LogP contribution in [0.3, 0.4) is 0 Å². The van der Waals surface area contributed by atoms with Crippen LogP contribution in [0.4, 0.5) is 0 Å². The normalized spacial score (nSPS) is 14.6. The van der Waals surface area contributed by atoms with Gasteiger partial charge in [0.1, 0.15) is 0 Å². The Morgan fingerprint density at radius 1 is 1.31 bits per heavy atom. The predicted molar refractivity (Wildman–Crippen MR) is 61.9 cm³/mol. The van der Waals surface area contributed by atoms with E-state index >= 15 is 0 Å². The Balaban J connectivity index is 4.50. The van der Waals surface area contributed by atoms with E-state index in [0.29, 0.717) is 6.54 Å². The van der Waals surface area contributed by atoms with Gasteiger partial charge in [0.05, 0.1) is 12.0 Å². The number of carboxylic acid groups (broad SMARTS) is 1. The summed E-state index contributed by atoms with van der Waals surface area (Å²) in [6, 6.07) is -0.555. The van der Waals surface area contributed by atoms with Crippen molar-refractivity contribution in [1.82, 2.24) is 4.90 Å². The number of nitrogens with zero attached hydrogens (tertiary/aromatic N) is 1. The average molecular weight is 230 g/mol. The van der Waals surface area contributed by atoms with E-state index in [1.807, 2.05) is 20.8 Å². The molecule has 2 atom stereocenters. The second-order valence-electron chi connectivity index (χ2n) is 4.39. The van der Waals surface area contributed by atoms with E-state index in [-0.39, 0.29) is 18.4 Å². The fourth-order valence-electron chi connectivity index (χ4n) is 1.28. The summed E-state index contributed by atoms with van der Waals surface area (Å²) in [5.74, 6) is -1.58. The number of amides is 1. The van der Waals surface area contributed by atoms with Gasteiger partial charge in [0, 0.05) is 13.1 Å². The van der Waals surface area contributed by atoms with E-state index in [9.17, 15) is 9.59 Å². The van der Waals surface area contributed by atoms with Crippen LogP contribution in [-0.4, -0.2) is 41.0 Å². The third-order valence-electron chi connectivity index (χ3n) is 2.61. The van der Waals surface area contributed by atoms with Gasteiger partial charge in [-0.3, -0.25) is 9.59 Å². The number of likely N-dealkylation sites (N-methyl/N-ethyl adjacent to an activating group) is 1. The van der Waals surface area contributed by atoms with E-state index in [0.717, 1.165) is 0 Å². The minimum Gasteiger partial charge on any atom is -0.481 e. The number of carboxylic acids is 1. The standard InChI is InChI=1S/C11H22N2O3/c1-5-13(6-8(4)11(15)16)10(14)9(12)7(2)3/h7-9H,5-6,12H2,1-4H3,(H,15,16)/t8?,9-/m1/s1. The number of carbonyl (C=O) groups is 2. The smallest absolute Gasteiger partial charge is 0.308 e. The first-order chi connectivity index (χ1) is 7.31. The molecular formula is C11H22N2O3. The number of hydrogen-bond acceptors (Lipinski definition) is 3. The number of carbonyl (C=O) groups excluding carboxylic acids is 1. The molecule has 94 valence electrons. The molecule has 0 aliphatic heterocycles. The van der Waals surface area contributed by atoms with Crippen molar-refractivity contribution in [2.24, 2.45) is 17.6 Å². The second kappa shape index (κ2) is 6.48. The predicted octanol–water partition coefficient (Wildman–Crippen LogP) is 0.539. The van der Waals surface area contributed by atoms with Crippen molar-refractivity contribution in [1.29, 1.82) is 0 Å². The molecule has 0 bridgehead atoms. The summed E-state index contributed by atoms with van der Waals surface area (Å²) >= 11 is 0. The zero-order valence-corrected chi connectivity index (χ0v) is 10.4. The van der Waals surface area contributed by atoms with E-state index in [1.165, 1.54) is 4.90 Å². The summed E-state index contributed by atoms with van der Waals surface area (Å²) in [6.07, 6.45) is 0. The van der Waals surface area contributed by atoms with E-state index in [4.69, 9.17) is 10.8 Å². The fraction of sp³-hybridized carbons (Fsp3) is 0.818. The number of rotatable bonds is 6. The van der Waals surface area contributed by atoms with Crippen LogP contribution in [0, 0.1) is 11.8 Å². The van der Waals surface area contributed by atoms with Gasteiger partial charge in [-0.2, -0.15) is 0 Å². The maximum Gasteiger partial charge on any atom is 0.308 e. The van der Waals surface area contributed by atoms with Gasteiger partial charge in [-0.15, -0.1) is 0 Å². The van der Waals surface area contributed by atoms with Gasteiger partial charge >= 0.3 is 5.97 Å². The Kier molecular flexibility index (Phi) is 6.03. The molecule has 1 amide bonds. The highest BCUT2D eigenvalue weighted by atomic mass is 16.4. The lowest BCUT2D eigenvalue weighted by Gasteiger charge is -2.27. The average Bonchev–Trinajstić information content (AvgIpc) is 2.22. The molecule has 0 aromatic rings. The van der Waals surface area contributed by atoms with Crippen LogP contribution in [0.15, 0.2) is 0 Å². The molecule has 1 unspecified atom stereocenters. The number of hydrogen-bond donors (Lipinski definition) is 2. The van der Waals surface area contributed by atoms with E-state index in [2.05, 4.69) is 0 Å². The monoisotopic (exact) mass is 230 g/mol. The molecule has 5 heteroatoms. The minimum atomic E-state index is -0.899. The largest absolute Gasteiger partial charge is 0.481 e. The van der Waals surface area contributed by atoms with Crippen LogP contribution in [0.25, 0.3) is 0 Å². The minimum absolute atomic E-state index is 0.0571. The summed E-state index contributed by atoms with van der Waals surface area (Å²) in [5.41, 5.74) is 5.75. The Hall–Kier alpha value is -1.10. The van der Waals surface area contributed by atoms with Crippen molar-refractivity contribution in [3.8, 4) is 0 Å². The van der Waals surface area contributed by atoms with Gasteiger partial charge in [-0.25, -0.2) is 0 Å². The number of aliphatic carboxylic acids is 1. The van der Waals surface area contributed by atoms with Crippen LogP contribution in [0.2, 0.25) is 0 Å². The molecule has 0 aromatic carbocycles. The summed E-state index contributed by atoms with van der Waals surface area (Å²) in [7, 11) is 0. The van der Waals surface area contributed by atoms with Crippen molar-refractivity contribution < 1.29 is 14.7 Å². The van der Waals surface area contributed by atoms with Gasteiger partial charge in [0.2, 0.25) is 5.91 Å². The lowest BCUT2D eigenvalue weighted by molar-refractivity contribution is -0.143. The molecule has 0 spiro atoms. The SMILES string of the molecule is CCN(CC(C)C(=O)O)C(=O)[C@H](N)C(C)C. The quantitative estimate of drug-likeness (QED) is 0.697. The zero-order chi connectivity index (χ0) is 12.9. The molecule has 0 radical (unpaired) electrons. The van der Waals surface area contributed by atoms with Crippen molar-refractivity contribution in [2.75, 3.05) is 13.1 Å². The Bertz CT molecular complexity index is 254. The third kappa shape index (κ3) is 4.18. The van der Waals surface area contributed by atoms with Gasteiger partial charge < -0.3 is 15.7 Å². The van der Waals surface area contributed by atoms with Crippen LogP contribution in [0.1, 0.15) is 27.7 Å². The summed E-state index contributed by atoms with van der Waals surface area (Å²) < 4.78 is 0. The molecule has 0 aliphatic rings. The molecule has 16 heavy (non-hydrogen) atoms. The number of nitrogens with two attached hydrogens (primary N) is 1. The molecule has 0 aromatic heterocycles.